The molecule has 0 fully saturated rings. The predicted molar refractivity (Wildman–Crippen MR) is 213 cm³/mol. The fourth-order valence-corrected chi connectivity index (χ4v) is 6.95. The summed E-state index contributed by atoms with van der Waals surface area (Å²) in [5.41, 5.74) is 13.9. The van der Waals surface area contributed by atoms with E-state index in [-0.39, 0.29) is 0 Å². The van der Waals surface area contributed by atoms with Crippen LogP contribution in [0, 0.1) is 0 Å². The molecule has 10 aromatic rings. The van der Waals surface area contributed by atoms with Crippen LogP contribution in [0.3, 0.4) is 0 Å². The Labute approximate surface area is 300 Å². The molecule has 0 aliphatic carbocycles. The van der Waals surface area contributed by atoms with Crippen molar-refractivity contribution in [2.24, 2.45) is 0 Å². The average Bonchev–Trinajstić information content (AvgIpc) is 3.23. The van der Waals surface area contributed by atoms with Crippen molar-refractivity contribution < 1.29 is 0 Å². The Morgan fingerprint density at radius 1 is 0.269 bits per heavy atom. The van der Waals surface area contributed by atoms with Crippen LogP contribution < -0.4 is 0 Å². The van der Waals surface area contributed by atoms with Gasteiger partial charge in [-0.05, 0) is 59.7 Å². The third-order valence-electron chi connectivity index (χ3n) is 9.76. The molecule has 0 saturated carbocycles. The molecule has 0 bridgehead atoms. The van der Waals surface area contributed by atoms with Gasteiger partial charge in [0.05, 0.1) is 44.8 Å². The largest absolute Gasteiger partial charge is 0.265 e. The van der Waals surface area contributed by atoms with Gasteiger partial charge in [0, 0.05) is 56.2 Å². The van der Waals surface area contributed by atoms with E-state index in [0.717, 1.165) is 99.8 Å². The zero-order valence-corrected chi connectivity index (χ0v) is 28.0. The van der Waals surface area contributed by atoms with E-state index in [2.05, 4.69) is 138 Å². The number of hydrogen-bond acceptors (Lipinski definition) is 5. The van der Waals surface area contributed by atoms with E-state index in [1.165, 1.54) is 0 Å². The minimum atomic E-state index is 0.903. The van der Waals surface area contributed by atoms with Crippen molar-refractivity contribution >= 4 is 43.6 Å². The minimum Gasteiger partial charge on any atom is -0.265 e. The molecule has 0 aliphatic heterocycles. The van der Waals surface area contributed by atoms with Gasteiger partial charge in [-0.3, -0.25) is 4.98 Å². The number of nitrogens with zero attached hydrogens (tertiary/aromatic N) is 5. The lowest BCUT2D eigenvalue weighted by molar-refractivity contribution is 1.31. The molecule has 5 nitrogen and oxygen atoms in total. The van der Waals surface area contributed by atoms with Crippen molar-refractivity contribution in [1.29, 1.82) is 0 Å². The maximum absolute atomic E-state index is 5.14. The van der Waals surface area contributed by atoms with Crippen molar-refractivity contribution in [2.45, 2.75) is 0 Å². The van der Waals surface area contributed by atoms with Crippen LogP contribution in [0.4, 0.5) is 0 Å². The highest BCUT2D eigenvalue weighted by Gasteiger charge is 2.11. The summed E-state index contributed by atoms with van der Waals surface area (Å²) in [5, 5.41) is 4.34. The molecule has 0 atom stereocenters. The van der Waals surface area contributed by atoms with Crippen molar-refractivity contribution in [3.05, 3.63) is 176 Å². The maximum atomic E-state index is 5.14. The second kappa shape index (κ2) is 12.3. The zero-order valence-electron chi connectivity index (χ0n) is 28.0. The fraction of sp³-hybridized carbons (Fsp3) is 0. The molecule has 0 unspecified atom stereocenters. The quantitative estimate of drug-likeness (QED) is 0.171. The molecular formula is C47H29N5. The highest BCUT2D eigenvalue weighted by Crippen LogP contribution is 2.32. The molecule has 5 aromatic heterocycles. The van der Waals surface area contributed by atoms with Crippen molar-refractivity contribution in [3.63, 3.8) is 0 Å². The number of hydrogen-bond donors (Lipinski definition) is 0. The summed E-state index contributed by atoms with van der Waals surface area (Å²) in [4.78, 5) is 24.4. The lowest BCUT2D eigenvalue weighted by Gasteiger charge is -2.09. The molecule has 0 saturated heterocycles. The number of rotatable bonds is 5. The third-order valence-corrected chi connectivity index (χ3v) is 9.76. The Bertz CT molecular complexity index is 2940. The van der Waals surface area contributed by atoms with Gasteiger partial charge in [0.1, 0.15) is 0 Å². The number of pyridine rings is 5. The first-order valence-corrected chi connectivity index (χ1v) is 17.3. The third kappa shape index (κ3) is 5.42. The van der Waals surface area contributed by atoms with Crippen LogP contribution in [-0.2, 0) is 0 Å². The molecule has 52 heavy (non-hydrogen) atoms. The average molecular weight is 664 g/mol. The van der Waals surface area contributed by atoms with E-state index in [0.29, 0.717) is 0 Å². The minimum absolute atomic E-state index is 0.903. The summed E-state index contributed by atoms with van der Waals surface area (Å²) in [7, 11) is 0. The molecule has 0 radical (unpaired) electrons. The molecule has 10 rings (SSSR count). The molecular weight excluding hydrogens is 635 g/mol. The Morgan fingerprint density at radius 2 is 0.635 bits per heavy atom. The summed E-state index contributed by atoms with van der Waals surface area (Å²) in [5.74, 6) is 0. The van der Waals surface area contributed by atoms with E-state index in [1.807, 2.05) is 30.3 Å². The molecule has 0 amide bonds. The first-order valence-electron chi connectivity index (χ1n) is 17.3. The van der Waals surface area contributed by atoms with Gasteiger partial charge in [-0.25, -0.2) is 19.9 Å². The molecule has 5 heteroatoms. The molecule has 5 heterocycles. The van der Waals surface area contributed by atoms with Gasteiger partial charge >= 0.3 is 0 Å². The van der Waals surface area contributed by atoms with Gasteiger partial charge < -0.3 is 0 Å². The first kappa shape index (κ1) is 29.8. The van der Waals surface area contributed by atoms with E-state index in [4.69, 9.17) is 19.9 Å². The molecule has 0 aliphatic rings. The van der Waals surface area contributed by atoms with Crippen LogP contribution in [0.2, 0.25) is 0 Å². The molecule has 5 aromatic carbocycles. The number of aromatic nitrogens is 5. The van der Waals surface area contributed by atoms with Gasteiger partial charge in [-0.15, -0.1) is 0 Å². The standard InChI is InChI=1S/C47H29N5/c1-2-4-30(5-3-1)42-22-18-36-12-13-37-19-23-43(52-47(37)46(36)51-42)32-8-6-31(7-9-32)40-20-16-33-10-14-38(28-44(33)49-40)39-15-11-34-17-21-41(50-45(34)29-39)35-24-26-48-27-25-35/h1-29H. The smallest absolute Gasteiger partial charge is 0.0972 e. The molecule has 242 valence electrons. The Kier molecular flexibility index (Phi) is 7.07. The maximum Gasteiger partial charge on any atom is 0.0972 e. The molecule has 0 N–H and O–H groups in total. The summed E-state index contributed by atoms with van der Waals surface area (Å²) < 4.78 is 0. The summed E-state index contributed by atoms with van der Waals surface area (Å²) >= 11 is 0. The van der Waals surface area contributed by atoms with Crippen molar-refractivity contribution in [2.75, 3.05) is 0 Å². The lowest BCUT2D eigenvalue weighted by atomic mass is 10.0. The Morgan fingerprint density at radius 3 is 1.13 bits per heavy atom. The van der Waals surface area contributed by atoms with Crippen LogP contribution >= 0.6 is 0 Å². The fourth-order valence-electron chi connectivity index (χ4n) is 6.95. The summed E-state index contributed by atoms with van der Waals surface area (Å²) in [6.45, 7) is 0. The van der Waals surface area contributed by atoms with E-state index < -0.39 is 0 Å². The van der Waals surface area contributed by atoms with Gasteiger partial charge in [0.25, 0.3) is 0 Å². The van der Waals surface area contributed by atoms with Crippen LogP contribution in [0.25, 0.3) is 99.8 Å². The second-order valence-corrected chi connectivity index (χ2v) is 13.0. The highest BCUT2D eigenvalue weighted by molar-refractivity contribution is 6.04. The van der Waals surface area contributed by atoms with Crippen LogP contribution in [-0.4, -0.2) is 24.9 Å². The van der Waals surface area contributed by atoms with E-state index in [1.54, 1.807) is 12.4 Å². The Hall–Kier alpha value is -7.11. The second-order valence-electron chi connectivity index (χ2n) is 13.0. The van der Waals surface area contributed by atoms with Crippen LogP contribution in [0.15, 0.2) is 176 Å². The van der Waals surface area contributed by atoms with Gasteiger partial charge in [-0.1, -0.05) is 115 Å². The Balaban J connectivity index is 0.965. The van der Waals surface area contributed by atoms with Crippen molar-refractivity contribution in [1.82, 2.24) is 24.9 Å². The number of fused-ring (bicyclic) bond motifs is 5. The monoisotopic (exact) mass is 663 g/mol. The van der Waals surface area contributed by atoms with Crippen LogP contribution in [0.1, 0.15) is 0 Å². The summed E-state index contributed by atoms with van der Waals surface area (Å²) in [6.07, 6.45) is 3.59. The van der Waals surface area contributed by atoms with E-state index >= 15 is 0 Å². The SMILES string of the molecule is c1ccc(-c2ccc3ccc4ccc(-c5ccc(-c6ccc7ccc(-c8ccc9ccc(-c%10ccncc%10)nc9c8)cc7n6)cc5)nc4c3n2)cc1. The van der Waals surface area contributed by atoms with Gasteiger partial charge in [0.15, 0.2) is 0 Å². The zero-order chi connectivity index (χ0) is 34.4. The first-order chi connectivity index (χ1) is 25.7. The van der Waals surface area contributed by atoms with Gasteiger partial charge in [-0.2, -0.15) is 0 Å². The van der Waals surface area contributed by atoms with Gasteiger partial charge in [0.2, 0.25) is 0 Å². The number of benzene rings is 5. The lowest BCUT2D eigenvalue weighted by Crippen LogP contribution is -1.91. The van der Waals surface area contributed by atoms with Crippen LogP contribution in [0.5, 0.6) is 0 Å². The topological polar surface area (TPSA) is 64.5 Å². The van der Waals surface area contributed by atoms with E-state index in [9.17, 15) is 0 Å². The predicted octanol–water partition coefficient (Wildman–Crippen LogP) is 11.6. The van der Waals surface area contributed by atoms with Crippen molar-refractivity contribution in [3.8, 4) is 56.2 Å². The highest BCUT2D eigenvalue weighted by atomic mass is 14.8. The summed E-state index contributed by atoms with van der Waals surface area (Å²) in [6, 6.07) is 56.8. The normalized spacial score (nSPS) is 11.5. The molecule has 0 spiro atoms.